The summed E-state index contributed by atoms with van der Waals surface area (Å²) >= 11 is 2.06. The predicted molar refractivity (Wildman–Crippen MR) is 86.8 cm³/mol. The molecular weight excluding hydrogens is 268 g/mol. The van der Waals surface area contributed by atoms with E-state index in [0.29, 0.717) is 23.0 Å². The van der Waals surface area contributed by atoms with E-state index in [1.165, 1.54) is 25.0 Å². The topological polar surface area (TPSA) is 32.3 Å². The molecule has 0 aliphatic carbocycles. The highest BCUT2D eigenvalue weighted by Gasteiger charge is 2.41. The molecule has 1 N–H and O–H groups in total. The summed E-state index contributed by atoms with van der Waals surface area (Å²) in [4.78, 5) is 14.8. The van der Waals surface area contributed by atoms with Gasteiger partial charge in [0.1, 0.15) is 0 Å². The number of amides is 1. The molecular formula is C16H30N2OS. The van der Waals surface area contributed by atoms with Gasteiger partial charge in [0.15, 0.2) is 0 Å². The Morgan fingerprint density at radius 3 is 2.60 bits per heavy atom. The summed E-state index contributed by atoms with van der Waals surface area (Å²) < 4.78 is 0. The Hall–Kier alpha value is -0.220. The maximum atomic E-state index is 12.7. The third-order valence-electron chi connectivity index (χ3n) is 4.30. The lowest BCUT2D eigenvalue weighted by Crippen LogP contribution is -2.44. The summed E-state index contributed by atoms with van der Waals surface area (Å²) in [5, 5.41) is 4.23. The SMILES string of the molecule is CC(C)CC1NC(C(C)C)N(CC2CCCCS2)C1=O. The summed E-state index contributed by atoms with van der Waals surface area (Å²) in [6.07, 6.45) is 5.13. The molecule has 2 rings (SSSR count). The van der Waals surface area contributed by atoms with E-state index in [9.17, 15) is 4.79 Å². The summed E-state index contributed by atoms with van der Waals surface area (Å²) in [5.74, 6) is 2.64. The second-order valence-corrected chi connectivity index (χ2v) is 8.43. The van der Waals surface area contributed by atoms with Crippen molar-refractivity contribution in [3.8, 4) is 0 Å². The zero-order valence-electron chi connectivity index (χ0n) is 13.4. The number of hydrogen-bond donors (Lipinski definition) is 1. The molecule has 2 saturated heterocycles. The van der Waals surface area contributed by atoms with Gasteiger partial charge in [-0.2, -0.15) is 11.8 Å². The number of rotatable bonds is 5. The summed E-state index contributed by atoms with van der Waals surface area (Å²) in [6.45, 7) is 9.75. The van der Waals surface area contributed by atoms with Gasteiger partial charge in [0.2, 0.25) is 5.91 Å². The third-order valence-corrected chi connectivity index (χ3v) is 5.68. The van der Waals surface area contributed by atoms with E-state index < -0.39 is 0 Å². The van der Waals surface area contributed by atoms with Crippen LogP contribution in [0.4, 0.5) is 0 Å². The molecule has 4 heteroatoms. The molecule has 1 amide bonds. The molecule has 0 radical (unpaired) electrons. The Morgan fingerprint density at radius 1 is 1.30 bits per heavy atom. The van der Waals surface area contributed by atoms with Gasteiger partial charge in [0.05, 0.1) is 12.2 Å². The molecule has 0 aromatic rings. The first kappa shape index (κ1) is 16.2. The molecule has 2 fully saturated rings. The van der Waals surface area contributed by atoms with Crippen LogP contribution in [0, 0.1) is 11.8 Å². The van der Waals surface area contributed by atoms with Crippen molar-refractivity contribution >= 4 is 17.7 Å². The van der Waals surface area contributed by atoms with Crippen LogP contribution in [0.5, 0.6) is 0 Å². The van der Waals surface area contributed by atoms with Crippen LogP contribution in [0.25, 0.3) is 0 Å². The number of carbonyl (C=O) groups is 1. The standard InChI is InChI=1S/C16H30N2OS/c1-11(2)9-14-16(19)18(15(17-14)12(3)4)10-13-7-5-6-8-20-13/h11-15,17H,5-10H2,1-4H3. The van der Waals surface area contributed by atoms with Gasteiger partial charge in [0.25, 0.3) is 0 Å². The highest BCUT2D eigenvalue weighted by molar-refractivity contribution is 7.99. The minimum absolute atomic E-state index is 0.0380. The van der Waals surface area contributed by atoms with Crippen LogP contribution in [0.2, 0.25) is 0 Å². The highest BCUT2D eigenvalue weighted by atomic mass is 32.2. The maximum Gasteiger partial charge on any atom is 0.241 e. The quantitative estimate of drug-likeness (QED) is 0.846. The number of thioether (sulfide) groups is 1. The van der Waals surface area contributed by atoms with Crippen molar-refractivity contribution in [2.75, 3.05) is 12.3 Å². The fourth-order valence-electron chi connectivity index (χ4n) is 3.27. The fourth-order valence-corrected chi connectivity index (χ4v) is 4.58. The monoisotopic (exact) mass is 298 g/mol. The Bertz CT molecular complexity index is 326. The molecule has 116 valence electrons. The first-order valence-electron chi connectivity index (χ1n) is 8.17. The molecule has 3 nitrogen and oxygen atoms in total. The van der Waals surface area contributed by atoms with E-state index >= 15 is 0 Å². The Labute approximate surface area is 128 Å². The van der Waals surface area contributed by atoms with Crippen molar-refractivity contribution in [3.05, 3.63) is 0 Å². The average molecular weight is 298 g/mol. The van der Waals surface area contributed by atoms with Crippen molar-refractivity contribution in [3.63, 3.8) is 0 Å². The largest absolute Gasteiger partial charge is 0.324 e. The first-order chi connectivity index (χ1) is 9.49. The fraction of sp³-hybridized carbons (Fsp3) is 0.938. The number of hydrogen-bond acceptors (Lipinski definition) is 3. The lowest BCUT2D eigenvalue weighted by molar-refractivity contribution is -0.130. The molecule has 2 aliphatic rings. The van der Waals surface area contributed by atoms with E-state index in [0.717, 1.165) is 13.0 Å². The van der Waals surface area contributed by atoms with Crippen molar-refractivity contribution < 1.29 is 4.79 Å². The highest BCUT2D eigenvalue weighted by Crippen LogP contribution is 2.29. The molecule has 0 spiro atoms. The van der Waals surface area contributed by atoms with Crippen LogP contribution >= 0.6 is 11.8 Å². The Kier molecular flexibility index (Phi) is 5.79. The predicted octanol–water partition coefficient (Wildman–Crippen LogP) is 3.10. The van der Waals surface area contributed by atoms with Crippen LogP contribution in [0.15, 0.2) is 0 Å². The van der Waals surface area contributed by atoms with Gasteiger partial charge < -0.3 is 4.90 Å². The van der Waals surface area contributed by atoms with Gasteiger partial charge in [-0.1, -0.05) is 34.1 Å². The van der Waals surface area contributed by atoms with Crippen LogP contribution in [-0.2, 0) is 4.79 Å². The van der Waals surface area contributed by atoms with Gasteiger partial charge in [-0.05, 0) is 36.9 Å². The van der Waals surface area contributed by atoms with Crippen molar-refractivity contribution in [2.24, 2.45) is 11.8 Å². The Balaban J connectivity index is 2.00. The molecule has 2 heterocycles. The van der Waals surface area contributed by atoms with E-state index in [2.05, 4.69) is 49.7 Å². The molecule has 0 aromatic carbocycles. The van der Waals surface area contributed by atoms with Gasteiger partial charge in [-0.3, -0.25) is 10.1 Å². The molecule has 3 unspecified atom stereocenters. The van der Waals surface area contributed by atoms with Crippen LogP contribution in [0.3, 0.4) is 0 Å². The molecule has 2 aliphatic heterocycles. The van der Waals surface area contributed by atoms with E-state index in [1.54, 1.807) is 0 Å². The van der Waals surface area contributed by atoms with E-state index in [-0.39, 0.29) is 12.2 Å². The summed E-state index contributed by atoms with van der Waals surface area (Å²) in [6, 6.07) is 0.0380. The molecule has 20 heavy (non-hydrogen) atoms. The van der Waals surface area contributed by atoms with Crippen LogP contribution < -0.4 is 5.32 Å². The third kappa shape index (κ3) is 3.91. The van der Waals surface area contributed by atoms with E-state index in [4.69, 9.17) is 0 Å². The number of nitrogens with zero attached hydrogens (tertiary/aromatic N) is 1. The van der Waals surface area contributed by atoms with Gasteiger partial charge >= 0.3 is 0 Å². The van der Waals surface area contributed by atoms with Crippen LogP contribution in [-0.4, -0.2) is 40.6 Å². The first-order valence-corrected chi connectivity index (χ1v) is 9.22. The van der Waals surface area contributed by atoms with Crippen molar-refractivity contribution in [1.29, 1.82) is 0 Å². The maximum absolute atomic E-state index is 12.7. The number of nitrogens with one attached hydrogen (secondary N) is 1. The van der Waals surface area contributed by atoms with Crippen molar-refractivity contribution in [1.82, 2.24) is 10.2 Å². The lowest BCUT2D eigenvalue weighted by atomic mass is 10.0. The Morgan fingerprint density at radius 2 is 2.05 bits per heavy atom. The zero-order valence-corrected chi connectivity index (χ0v) is 14.2. The normalized spacial score (nSPS) is 31.6. The minimum Gasteiger partial charge on any atom is -0.324 e. The smallest absolute Gasteiger partial charge is 0.241 e. The average Bonchev–Trinajstić information content (AvgIpc) is 2.69. The van der Waals surface area contributed by atoms with Crippen molar-refractivity contribution in [2.45, 2.75) is 70.8 Å². The van der Waals surface area contributed by atoms with Crippen LogP contribution in [0.1, 0.15) is 53.4 Å². The minimum atomic E-state index is 0.0380. The summed E-state index contributed by atoms with van der Waals surface area (Å²) in [5.41, 5.74) is 0. The summed E-state index contributed by atoms with van der Waals surface area (Å²) in [7, 11) is 0. The molecule has 0 aromatic heterocycles. The lowest BCUT2D eigenvalue weighted by Gasteiger charge is -2.32. The second-order valence-electron chi connectivity index (χ2n) is 7.02. The molecule has 0 bridgehead atoms. The van der Waals surface area contributed by atoms with Gasteiger partial charge in [-0.15, -0.1) is 0 Å². The number of carbonyl (C=O) groups excluding carboxylic acids is 1. The second kappa shape index (κ2) is 7.17. The molecule has 0 saturated carbocycles. The molecule has 3 atom stereocenters. The van der Waals surface area contributed by atoms with Gasteiger partial charge in [-0.25, -0.2) is 0 Å². The zero-order chi connectivity index (χ0) is 14.7. The van der Waals surface area contributed by atoms with E-state index in [1.807, 2.05) is 0 Å². The van der Waals surface area contributed by atoms with Gasteiger partial charge in [0, 0.05) is 11.8 Å².